The van der Waals surface area contributed by atoms with E-state index in [2.05, 4.69) is 67.7 Å². The van der Waals surface area contributed by atoms with Crippen molar-refractivity contribution in [1.82, 2.24) is 0 Å². The summed E-state index contributed by atoms with van der Waals surface area (Å²) in [4.78, 5) is 0. The van der Waals surface area contributed by atoms with Gasteiger partial charge in [0, 0.05) is 5.88 Å². The molecular weight excluding hydrogens is 304 g/mol. The molecule has 0 aromatic carbocycles. The Hall–Kier alpha value is 0.644. The third kappa shape index (κ3) is 5.80. The van der Waals surface area contributed by atoms with Crippen LogP contribution < -0.4 is 0 Å². The molecule has 0 aliphatic carbocycles. The van der Waals surface area contributed by atoms with Crippen molar-refractivity contribution in [3.8, 4) is 0 Å². The minimum Gasteiger partial charge on any atom is -0.414 e. The van der Waals surface area contributed by atoms with E-state index in [0.717, 1.165) is 0 Å². The Labute approximate surface area is 133 Å². The van der Waals surface area contributed by atoms with Crippen LogP contribution in [0.1, 0.15) is 41.5 Å². The Morgan fingerprint density at radius 3 is 1.55 bits per heavy atom. The molecule has 0 radical (unpaired) electrons. The molecule has 1 unspecified atom stereocenters. The van der Waals surface area contributed by atoms with Crippen molar-refractivity contribution in [2.24, 2.45) is 0 Å². The molecule has 0 saturated heterocycles. The molecule has 0 aromatic heterocycles. The molecule has 5 heteroatoms. The molecule has 2 nitrogen and oxygen atoms in total. The van der Waals surface area contributed by atoms with Gasteiger partial charge in [-0.3, -0.25) is 0 Å². The van der Waals surface area contributed by atoms with Crippen molar-refractivity contribution in [3.63, 3.8) is 0 Å². The van der Waals surface area contributed by atoms with E-state index in [4.69, 9.17) is 20.5 Å². The highest BCUT2D eigenvalue weighted by Crippen LogP contribution is 2.39. The molecule has 0 N–H and O–H groups in total. The van der Waals surface area contributed by atoms with Gasteiger partial charge in [0.15, 0.2) is 16.6 Å². The average molecular weight is 339 g/mol. The quantitative estimate of drug-likeness (QED) is 0.461. The lowest BCUT2D eigenvalue weighted by molar-refractivity contribution is 0.123. The lowest BCUT2D eigenvalue weighted by Gasteiger charge is -2.41. The first-order chi connectivity index (χ1) is 8.64. The van der Waals surface area contributed by atoms with Crippen LogP contribution in [0.3, 0.4) is 0 Å². The molecule has 0 spiro atoms. The van der Waals surface area contributed by atoms with E-state index in [9.17, 15) is 0 Å². The van der Waals surface area contributed by atoms with Gasteiger partial charge in [-0.2, -0.15) is 0 Å². The zero-order chi connectivity index (χ0) is 16.4. The normalized spacial score (nSPS) is 16.4. The summed E-state index contributed by atoms with van der Waals surface area (Å²) in [5.74, 6) is 0.501. The first-order valence-corrected chi connectivity index (χ1v) is 13.9. The lowest BCUT2D eigenvalue weighted by atomic mass is 10.2. The number of hydrogen-bond donors (Lipinski definition) is 0. The van der Waals surface area contributed by atoms with Crippen molar-refractivity contribution < 1.29 is 8.85 Å². The van der Waals surface area contributed by atoms with Crippen LogP contribution in [-0.4, -0.2) is 35.2 Å². The minimum absolute atomic E-state index is 0.00619. The first-order valence-electron chi connectivity index (χ1n) is 7.52. The molecule has 20 heavy (non-hydrogen) atoms. The van der Waals surface area contributed by atoms with Crippen molar-refractivity contribution in [2.45, 2.75) is 83.9 Å². The van der Waals surface area contributed by atoms with E-state index >= 15 is 0 Å². The molecule has 0 aromatic rings. The molecule has 0 bridgehead atoms. The monoisotopic (exact) mass is 338 g/mol. The molecule has 122 valence electrons. The van der Waals surface area contributed by atoms with Crippen molar-refractivity contribution in [1.29, 1.82) is 0 Å². The predicted molar refractivity (Wildman–Crippen MR) is 95.9 cm³/mol. The van der Waals surface area contributed by atoms with E-state index in [1.807, 2.05) is 0 Å². The van der Waals surface area contributed by atoms with E-state index in [0.29, 0.717) is 12.5 Å². The molecule has 0 fully saturated rings. The molecule has 0 aliphatic heterocycles. The first kappa shape index (κ1) is 20.6. The number of hydrogen-bond acceptors (Lipinski definition) is 2. The molecule has 0 aliphatic rings. The lowest BCUT2D eigenvalue weighted by Crippen LogP contribution is -2.48. The van der Waals surface area contributed by atoms with Crippen LogP contribution in [0, 0.1) is 0 Å². The van der Waals surface area contributed by atoms with Gasteiger partial charge in [0.25, 0.3) is 0 Å². The van der Waals surface area contributed by atoms with Crippen LogP contribution in [0.15, 0.2) is 0 Å². The third-order valence-corrected chi connectivity index (χ3v) is 14.3. The maximum atomic E-state index is 6.36. The topological polar surface area (TPSA) is 18.5 Å². The summed E-state index contributed by atoms with van der Waals surface area (Å²) in [6.07, 6.45) is 0.00619. The highest BCUT2D eigenvalue weighted by Gasteiger charge is 2.41. The highest BCUT2D eigenvalue weighted by atomic mass is 35.5. The Bertz CT molecular complexity index is 304. The van der Waals surface area contributed by atoms with Crippen LogP contribution >= 0.6 is 11.6 Å². The summed E-state index contributed by atoms with van der Waals surface area (Å²) in [6.45, 7) is 23.2. The van der Waals surface area contributed by atoms with Crippen LogP contribution in [0.5, 0.6) is 0 Å². The van der Waals surface area contributed by atoms with Gasteiger partial charge < -0.3 is 8.85 Å². The summed E-state index contributed by atoms with van der Waals surface area (Å²) in [5, 5.41) is 0.426. The Balaban J connectivity index is 4.68. The maximum absolute atomic E-state index is 6.36. The Kier molecular flexibility index (Phi) is 7.04. The van der Waals surface area contributed by atoms with Crippen molar-refractivity contribution in [3.05, 3.63) is 0 Å². The van der Waals surface area contributed by atoms with E-state index in [-0.39, 0.29) is 16.2 Å². The van der Waals surface area contributed by atoms with Gasteiger partial charge in [-0.15, -0.1) is 11.6 Å². The Morgan fingerprint density at radius 2 is 1.25 bits per heavy atom. The molecule has 0 amide bonds. The molecule has 0 rings (SSSR count). The van der Waals surface area contributed by atoms with Crippen LogP contribution in [-0.2, 0) is 8.85 Å². The number of alkyl halides is 1. The standard InChI is InChI=1S/C15H35ClO2Si2/c1-14(2,3)19(7,8)17-12-13(11-16)18-20(9,10)15(4,5)6/h13H,11-12H2,1-10H3. The SMILES string of the molecule is CC(C)(C)[Si](C)(C)OCC(CCl)O[Si](C)(C)C(C)(C)C. The second-order valence-electron chi connectivity index (χ2n) is 8.73. The third-order valence-electron chi connectivity index (χ3n) is 4.88. The zero-order valence-corrected chi connectivity index (χ0v) is 17.9. The second kappa shape index (κ2) is 6.82. The summed E-state index contributed by atoms with van der Waals surface area (Å²) in [7, 11) is -3.51. The van der Waals surface area contributed by atoms with Crippen LogP contribution in [0.25, 0.3) is 0 Å². The van der Waals surface area contributed by atoms with Gasteiger partial charge in [0.2, 0.25) is 0 Å². The molecular formula is C15H35ClO2Si2. The minimum atomic E-state index is -1.78. The zero-order valence-electron chi connectivity index (χ0n) is 15.2. The second-order valence-corrected chi connectivity index (χ2v) is 18.6. The number of halogens is 1. The fourth-order valence-corrected chi connectivity index (χ4v) is 3.85. The average Bonchev–Trinajstić information content (AvgIpc) is 2.20. The van der Waals surface area contributed by atoms with Crippen LogP contribution in [0.2, 0.25) is 36.3 Å². The largest absolute Gasteiger partial charge is 0.414 e. The maximum Gasteiger partial charge on any atom is 0.192 e. The summed E-state index contributed by atoms with van der Waals surface area (Å²) in [5.41, 5.74) is 0. The number of rotatable bonds is 6. The fraction of sp³-hybridized carbons (Fsp3) is 1.00. The predicted octanol–water partition coefficient (Wildman–Crippen LogP) is 5.64. The summed E-state index contributed by atoms with van der Waals surface area (Å²) >= 11 is 6.10. The van der Waals surface area contributed by atoms with Crippen molar-refractivity contribution >= 4 is 28.2 Å². The molecule has 0 heterocycles. The van der Waals surface area contributed by atoms with Crippen molar-refractivity contribution in [2.75, 3.05) is 12.5 Å². The van der Waals surface area contributed by atoms with Gasteiger partial charge in [-0.05, 0) is 36.3 Å². The van der Waals surface area contributed by atoms with E-state index in [1.165, 1.54) is 0 Å². The van der Waals surface area contributed by atoms with Crippen LogP contribution in [0.4, 0.5) is 0 Å². The molecule has 0 saturated carbocycles. The van der Waals surface area contributed by atoms with Gasteiger partial charge in [0.1, 0.15) is 0 Å². The Morgan fingerprint density at radius 1 is 0.850 bits per heavy atom. The highest BCUT2D eigenvalue weighted by molar-refractivity contribution is 6.74. The molecule has 1 atom stereocenters. The van der Waals surface area contributed by atoms with Gasteiger partial charge in [-0.25, -0.2) is 0 Å². The summed E-state index contributed by atoms with van der Waals surface area (Å²) < 4.78 is 12.6. The van der Waals surface area contributed by atoms with E-state index < -0.39 is 16.6 Å². The van der Waals surface area contributed by atoms with E-state index in [1.54, 1.807) is 0 Å². The fourth-order valence-electron chi connectivity index (χ4n) is 1.22. The van der Waals surface area contributed by atoms with Gasteiger partial charge in [0.05, 0.1) is 12.7 Å². The van der Waals surface area contributed by atoms with Gasteiger partial charge >= 0.3 is 0 Å². The van der Waals surface area contributed by atoms with Gasteiger partial charge in [-0.1, -0.05) is 41.5 Å². The smallest absolute Gasteiger partial charge is 0.192 e. The summed E-state index contributed by atoms with van der Waals surface area (Å²) in [6, 6.07) is 0.